The number of nitrogens with zero attached hydrogens (tertiary/aromatic N) is 2. The third-order valence-corrected chi connectivity index (χ3v) is 2.96. The molecular formula is C11H20F3N3O. The lowest BCUT2D eigenvalue weighted by molar-refractivity contribution is -0.123. The zero-order valence-corrected chi connectivity index (χ0v) is 11.0. The number of alkyl halides is 3. The molecule has 0 spiro atoms. The molecule has 0 aromatic carbocycles. The van der Waals surface area contributed by atoms with E-state index in [2.05, 4.69) is 25.7 Å². The van der Waals surface area contributed by atoms with E-state index in [0.717, 1.165) is 0 Å². The van der Waals surface area contributed by atoms with E-state index < -0.39 is 18.8 Å². The molecule has 106 valence electrons. The van der Waals surface area contributed by atoms with Crippen molar-refractivity contribution < 1.29 is 18.0 Å². The van der Waals surface area contributed by atoms with Gasteiger partial charge in [-0.1, -0.05) is 0 Å². The van der Waals surface area contributed by atoms with Gasteiger partial charge in [0.25, 0.3) is 0 Å². The molecule has 1 aliphatic rings. The van der Waals surface area contributed by atoms with Crippen LogP contribution in [-0.2, 0) is 0 Å². The molecule has 0 aromatic heterocycles. The lowest BCUT2D eigenvalue weighted by atomic mass is 10.1. The van der Waals surface area contributed by atoms with Crippen LogP contribution in [0.15, 0.2) is 0 Å². The molecule has 7 heteroatoms. The molecule has 1 rings (SSSR count). The van der Waals surface area contributed by atoms with Crippen LogP contribution in [-0.4, -0.2) is 60.3 Å². The monoisotopic (exact) mass is 267 g/mol. The van der Waals surface area contributed by atoms with Crippen LogP contribution in [0.25, 0.3) is 0 Å². The maximum atomic E-state index is 12.0. The number of piperazine rings is 1. The molecule has 0 atom stereocenters. The van der Waals surface area contributed by atoms with Gasteiger partial charge in [0, 0.05) is 31.7 Å². The predicted molar refractivity (Wildman–Crippen MR) is 62.4 cm³/mol. The predicted octanol–water partition coefficient (Wildman–Crippen LogP) is 1.67. The fraction of sp³-hybridized carbons (Fsp3) is 0.909. The Bertz CT molecular complexity index is 291. The number of hydrogen-bond donors (Lipinski definition) is 1. The lowest BCUT2D eigenvalue weighted by Crippen LogP contribution is -2.56. The molecule has 0 aromatic rings. The van der Waals surface area contributed by atoms with Gasteiger partial charge in [-0.15, -0.1) is 0 Å². The minimum Gasteiger partial charge on any atom is -0.329 e. The van der Waals surface area contributed by atoms with Crippen LogP contribution in [0, 0.1) is 0 Å². The third kappa shape index (κ3) is 4.72. The zero-order valence-electron chi connectivity index (χ0n) is 11.0. The molecule has 1 fully saturated rings. The Hall–Kier alpha value is -0.980. The minimum absolute atomic E-state index is 0.0224. The fourth-order valence-electron chi connectivity index (χ4n) is 1.87. The van der Waals surface area contributed by atoms with E-state index in [1.54, 1.807) is 0 Å². The average molecular weight is 267 g/mol. The van der Waals surface area contributed by atoms with Crippen molar-refractivity contribution >= 4 is 6.03 Å². The maximum Gasteiger partial charge on any atom is 0.405 e. The van der Waals surface area contributed by atoms with Gasteiger partial charge in [-0.2, -0.15) is 13.2 Å². The quantitative estimate of drug-likeness (QED) is 0.784. The summed E-state index contributed by atoms with van der Waals surface area (Å²) in [6.07, 6.45) is -4.36. The van der Waals surface area contributed by atoms with Crippen molar-refractivity contribution in [1.82, 2.24) is 15.1 Å². The Morgan fingerprint density at radius 3 is 2.00 bits per heavy atom. The van der Waals surface area contributed by atoms with Gasteiger partial charge in [-0.25, -0.2) is 4.79 Å². The summed E-state index contributed by atoms with van der Waals surface area (Å²) >= 11 is 0. The number of urea groups is 1. The highest BCUT2D eigenvalue weighted by molar-refractivity contribution is 5.74. The number of halogens is 3. The SMILES string of the molecule is CC(C)(C)N1CCN(C(=O)NCC(F)(F)F)CC1. The summed E-state index contributed by atoms with van der Waals surface area (Å²) in [5.41, 5.74) is 0.0224. The summed E-state index contributed by atoms with van der Waals surface area (Å²) in [6, 6.07) is -0.638. The van der Waals surface area contributed by atoms with E-state index in [4.69, 9.17) is 0 Å². The molecule has 2 amide bonds. The van der Waals surface area contributed by atoms with Gasteiger partial charge in [-0.05, 0) is 20.8 Å². The van der Waals surface area contributed by atoms with E-state index in [0.29, 0.717) is 26.2 Å². The molecular weight excluding hydrogens is 247 g/mol. The van der Waals surface area contributed by atoms with Crippen LogP contribution < -0.4 is 5.32 Å². The molecule has 18 heavy (non-hydrogen) atoms. The molecule has 1 heterocycles. The summed E-state index contributed by atoms with van der Waals surface area (Å²) in [4.78, 5) is 15.1. The number of hydrogen-bond acceptors (Lipinski definition) is 2. The largest absolute Gasteiger partial charge is 0.405 e. The molecule has 0 aliphatic carbocycles. The zero-order chi connectivity index (χ0) is 14.0. The highest BCUT2D eigenvalue weighted by Crippen LogP contribution is 2.16. The summed E-state index contributed by atoms with van der Waals surface area (Å²) < 4.78 is 35.9. The number of nitrogens with one attached hydrogen (secondary N) is 1. The molecule has 0 radical (unpaired) electrons. The van der Waals surface area contributed by atoms with Crippen molar-refractivity contribution in [2.24, 2.45) is 0 Å². The third-order valence-electron chi connectivity index (χ3n) is 2.96. The van der Waals surface area contributed by atoms with Crippen molar-refractivity contribution in [1.29, 1.82) is 0 Å². The molecule has 0 bridgehead atoms. The first-order chi connectivity index (χ1) is 8.09. The maximum absolute atomic E-state index is 12.0. The van der Waals surface area contributed by atoms with Gasteiger partial charge >= 0.3 is 12.2 Å². The number of carbonyl (C=O) groups is 1. The first kappa shape index (κ1) is 15.1. The molecule has 1 saturated heterocycles. The van der Waals surface area contributed by atoms with Crippen LogP contribution >= 0.6 is 0 Å². The minimum atomic E-state index is -4.36. The van der Waals surface area contributed by atoms with Gasteiger partial charge in [0.05, 0.1) is 0 Å². The number of rotatable bonds is 1. The second-order valence-corrected chi connectivity index (χ2v) is 5.42. The second kappa shape index (κ2) is 5.34. The van der Waals surface area contributed by atoms with Gasteiger partial charge in [0.2, 0.25) is 0 Å². The lowest BCUT2D eigenvalue weighted by Gasteiger charge is -2.42. The molecule has 0 unspecified atom stereocenters. The van der Waals surface area contributed by atoms with Gasteiger partial charge in [-0.3, -0.25) is 4.90 Å². The summed E-state index contributed by atoms with van der Waals surface area (Å²) in [6.45, 7) is 7.24. The Morgan fingerprint density at radius 1 is 1.11 bits per heavy atom. The highest BCUT2D eigenvalue weighted by atomic mass is 19.4. The Balaban J connectivity index is 2.37. The normalized spacial score (nSPS) is 18.9. The average Bonchev–Trinajstić information content (AvgIpc) is 2.24. The number of amides is 2. The Morgan fingerprint density at radius 2 is 1.61 bits per heavy atom. The smallest absolute Gasteiger partial charge is 0.329 e. The standard InChI is InChI=1S/C11H20F3N3O/c1-10(2,3)17-6-4-16(5-7-17)9(18)15-8-11(12,13)14/h4-8H2,1-3H3,(H,15,18). The number of carbonyl (C=O) groups excluding carboxylic acids is 1. The van der Waals surface area contributed by atoms with E-state index in [-0.39, 0.29) is 5.54 Å². The van der Waals surface area contributed by atoms with Crippen molar-refractivity contribution in [3.05, 3.63) is 0 Å². The molecule has 0 saturated carbocycles. The summed E-state index contributed by atoms with van der Waals surface area (Å²) in [5.74, 6) is 0. The van der Waals surface area contributed by atoms with Gasteiger partial charge in [0.1, 0.15) is 6.54 Å². The van der Waals surface area contributed by atoms with Crippen LogP contribution in [0.2, 0.25) is 0 Å². The van der Waals surface area contributed by atoms with Crippen molar-refractivity contribution in [3.63, 3.8) is 0 Å². The van der Waals surface area contributed by atoms with Crippen LogP contribution in [0.5, 0.6) is 0 Å². The van der Waals surface area contributed by atoms with Crippen LogP contribution in [0.1, 0.15) is 20.8 Å². The van der Waals surface area contributed by atoms with Gasteiger partial charge < -0.3 is 10.2 Å². The van der Waals surface area contributed by atoms with Crippen molar-refractivity contribution in [2.75, 3.05) is 32.7 Å². The highest BCUT2D eigenvalue weighted by Gasteiger charge is 2.31. The Kier molecular flexibility index (Phi) is 4.47. The molecule has 4 nitrogen and oxygen atoms in total. The van der Waals surface area contributed by atoms with Gasteiger partial charge in [0.15, 0.2) is 0 Å². The van der Waals surface area contributed by atoms with Crippen molar-refractivity contribution in [3.8, 4) is 0 Å². The van der Waals surface area contributed by atoms with E-state index in [1.807, 2.05) is 5.32 Å². The first-order valence-corrected chi connectivity index (χ1v) is 5.94. The Labute approximate surface area is 105 Å². The van der Waals surface area contributed by atoms with E-state index in [9.17, 15) is 18.0 Å². The van der Waals surface area contributed by atoms with E-state index in [1.165, 1.54) is 4.90 Å². The summed E-state index contributed by atoms with van der Waals surface area (Å²) in [5, 5.41) is 1.89. The molecule has 1 N–H and O–H groups in total. The second-order valence-electron chi connectivity index (χ2n) is 5.42. The topological polar surface area (TPSA) is 35.6 Å². The van der Waals surface area contributed by atoms with Crippen LogP contribution in [0.4, 0.5) is 18.0 Å². The van der Waals surface area contributed by atoms with Crippen LogP contribution in [0.3, 0.4) is 0 Å². The first-order valence-electron chi connectivity index (χ1n) is 5.94. The van der Waals surface area contributed by atoms with E-state index >= 15 is 0 Å². The summed E-state index contributed by atoms with van der Waals surface area (Å²) in [7, 11) is 0. The fourth-order valence-corrected chi connectivity index (χ4v) is 1.87. The van der Waals surface area contributed by atoms with Crippen molar-refractivity contribution in [2.45, 2.75) is 32.5 Å². The molecule has 1 aliphatic heterocycles.